The predicted molar refractivity (Wildman–Crippen MR) is 76.2 cm³/mol. The molecule has 0 bridgehead atoms. The van der Waals surface area contributed by atoms with E-state index >= 15 is 0 Å². The Morgan fingerprint density at radius 3 is 2.75 bits per heavy atom. The lowest BCUT2D eigenvalue weighted by atomic mass is 10.3. The molecule has 0 aliphatic heterocycles. The molecule has 4 N–H and O–H groups in total. The highest BCUT2D eigenvalue weighted by molar-refractivity contribution is 9.10. The molecule has 20 heavy (non-hydrogen) atoms. The molecule has 9 heteroatoms. The maximum atomic E-state index is 13.2. The van der Waals surface area contributed by atoms with Crippen molar-refractivity contribution in [1.82, 2.24) is 15.0 Å². The van der Waals surface area contributed by atoms with E-state index in [4.69, 9.17) is 10.6 Å². The van der Waals surface area contributed by atoms with Gasteiger partial charge in [0.1, 0.15) is 5.82 Å². The molecular formula is C11H12BrFN6O. The van der Waals surface area contributed by atoms with Crippen LogP contribution in [0.1, 0.15) is 6.92 Å². The smallest absolute Gasteiger partial charge is 0.323 e. The van der Waals surface area contributed by atoms with Gasteiger partial charge in [0.15, 0.2) is 0 Å². The number of rotatable bonds is 5. The average Bonchev–Trinajstić information content (AvgIpc) is 2.43. The first-order valence-electron chi connectivity index (χ1n) is 5.70. The van der Waals surface area contributed by atoms with Gasteiger partial charge in [-0.25, -0.2) is 10.2 Å². The molecular weight excluding hydrogens is 331 g/mol. The molecule has 0 saturated heterocycles. The number of hydrazine groups is 1. The number of halogens is 2. The maximum absolute atomic E-state index is 13.2. The molecule has 2 aromatic rings. The number of nitrogens with zero attached hydrogens (tertiary/aromatic N) is 3. The SMILES string of the molecule is CCOc1nc(NN)nc(Nc2cc(F)ccc2Br)n1. The number of aromatic nitrogens is 3. The molecule has 0 aliphatic carbocycles. The zero-order valence-electron chi connectivity index (χ0n) is 10.5. The lowest BCUT2D eigenvalue weighted by Gasteiger charge is -2.09. The van der Waals surface area contributed by atoms with Gasteiger partial charge in [0.25, 0.3) is 0 Å². The van der Waals surface area contributed by atoms with Crippen molar-refractivity contribution in [3.8, 4) is 6.01 Å². The van der Waals surface area contributed by atoms with Crippen LogP contribution in [0.25, 0.3) is 0 Å². The molecule has 0 spiro atoms. The number of benzene rings is 1. The Morgan fingerprint density at radius 1 is 1.30 bits per heavy atom. The Balaban J connectivity index is 2.32. The Bertz CT molecular complexity index is 611. The van der Waals surface area contributed by atoms with Crippen molar-refractivity contribution >= 4 is 33.5 Å². The third-order valence-electron chi connectivity index (χ3n) is 2.19. The van der Waals surface area contributed by atoms with E-state index < -0.39 is 0 Å². The van der Waals surface area contributed by atoms with Gasteiger partial charge in [0.2, 0.25) is 11.9 Å². The van der Waals surface area contributed by atoms with Crippen molar-refractivity contribution in [2.24, 2.45) is 5.84 Å². The Morgan fingerprint density at radius 2 is 2.05 bits per heavy atom. The van der Waals surface area contributed by atoms with E-state index in [-0.39, 0.29) is 23.7 Å². The summed E-state index contributed by atoms with van der Waals surface area (Å²) >= 11 is 3.30. The van der Waals surface area contributed by atoms with E-state index in [0.717, 1.165) is 0 Å². The summed E-state index contributed by atoms with van der Waals surface area (Å²) in [4.78, 5) is 12.0. The van der Waals surface area contributed by atoms with Crippen LogP contribution in [0.3, 0.4) is 0 Å². The normalized spacial score (nSPS) is 10.2. The Labute approximate surface area is 122 Å². The number of hydrogen-bond donors (Lipinski definition) is 3. The second-order valence-corrected chi connectivity index (χ2v) is 4.45. The summed E-state index contributed by atoms with van der Waals surface area (Å²) in [6.07, 6.45) is 0. The summed E-state index contributed by atoms with van der Waals surface area (Å²) < 4.78 is 19.1. The fourth-order valence-corrected chi connectivity index (χ4v) is 1.73. The number of nitrogens with two attached hydrogens (primary N) is 1. The fourth-order valence-electron chi connectivity index (χ4n) is 1.38. The predicted octanol–water partition coefficient (Wildman–Crippen LogP) is 2.20. The molecule has 1 heterocycles. The van der Waals surface area contributed by atoms with Gasteiger partial charge in [0, 0.05) is 4.47 Å². The largest absolute Gasteiger partial charge is 0.464 e. The van der Waals surface area contributed by atoms with Crippen LogP contribution in [-0.2, 0) is 0 Å². The minimum absolute atomic E-state index is 0.116. The molecule has 106 valence electrons. The zero-order chi connectivity index (χ0) is 14.5. The lowest BCUT2D eigenvalue weighted by Crippen LogP contribution is -2.13. The minimum Gasteiger partial charge on any atom is -0.464 e. The van der Waals surface area contributed by atoms with Gasteiger partial charge >= 0.3 is 6.01 Å². The van der Waals surface area contributed by atoms with Crippen LogP contribution in [-0.4, -0.2) is 21.6 Å². The van der Waals surface area contributed by atoms with Gasteiger partial charge in [-0.1, -0.05) is 0 Å². The summed E-state index contributed by atoms with van der Waals surface area (Å²) in [5.74, 6) is 5.21. The standard InChI is InChI=1S/C11H12BrFN6O/c1-2-20-11-17-9(16-10(18-11)19-14)15-8-5-6(13)3-4-7(8)12/h3-5H,2,14H2,1H3,(H2,15,16,17,18,19). The highest BCUT2D eigenvalue weighted by Gasteiger charge is 2.09. The van der Waals surface area contributed by atoms with E-state index in [0.29, 0.717) is 16.8 Å². The second kappa shape index (κ2) is 6.44. The topological polar surface area (TPSA) is 98.0 Å². The number of anilines is 3. The fraction of sp³-hybridized carbons (Fsp3) is 0.182. The summed E-state index contributed by atoms with van der Waals surface area (Å²) in [5, 5.41) is 2.86. The summed E-state index contributed by atoms with van der Waals surface area (Å²) in [5.41, 5.74) is 2.78. The molecule has 0 amide bonds. The van der Waals surface area contributed by atoms with Crippen molar-refractivity contribution in [3.63, 3.8) is 0 Å². The van der Waals surface area contributed by atoms with Crippen molar-refractivity contribution in [2.75, 3.05) is 17.3 Å². The van der Waals surface area contributed by atoms with Crippen molar-refractivity contribution in [3.05, 3.63) is 28.5 Å². The molecule has 1 aromatic heterocycles. The highest BCUT2D eigenvalue weighted by atomic mass is 79.9. The molecule has 7 nitrogen and oxygen atoms in total. The number of hydrogen-bond acceptors (Lipinski definition) is 7. The maximum Gasteiger partial charge on any atom is 0.323 e. The van der Waals surface area contributed by atoms with Gasteiger partial charge in [-0.2, -0.15) is 15.0 Å². The van der Waals surface area contributed by atoms with Gasteiger partial charge in [-0.3, -0.25) is 5.43 Å². The number of nitrogens with one attached hydrogen (secondary N) is 2. The average molecular weight is 343 g/mol. The summed E-state index contributed by atoms with van der Waals surface area (Å²) in [6, 6.07) is 4.33. The zero-order valence-corrected chi connectivity index (χ0v) is 12.1. The first kappa shape index (κ1) is 14.4. The molecule has 2 rings (SSSR count). The number of nitrogen functional groups attached to an aromatic ring is 1. The van der Waals surface area contributed by atoms with E-state index in [2.05, 4.69) is 41.6 Å². The van der Waals surface area contributed by atoms with E-state index in [9.17, 15) is 4.39 Å². The van der Waals surface area contributed by atoms with Crippen molar-refractivity contribution in [2.45, 2.75) is 6.92 Å². The molecule has 0 fully saturated rings. The minimum atomic E-state index is -0.382. The Hall–Kier alpha value is -2.00. The van der Waals surface area contributed by atoms with Crippen LogP contribution in [0.4, 0.5) is 22.0 Å². The van der Waals surface area contributed by atoms with E-state index in [1.165, 1.54) is 12.1 Å². The Kier molecular flexibility index (Phi) is 4.64. The van der Waals surface area contributed by atoms with Crippen LogP contribution in [0, 0.1) is 5.82 Å². The molecule has 0 radical (unpaired) electrons. The van der Waals surface area contributed by atoms with Gasteiger partial charge in [0.05, 0.1) is 12.3 Å². The third kappa shape index (κ3) is 3.52. The van der Waals surface area contributed by atoms with Crippen LogP contribution in [0.5, 0.6) is 6.01 Å². The highest BCUT2D eigenvalue weighted by Crippen LogP contribution is 2.26. The molecule has 0 atom stereocenters. The van der Waals surface area contributed by atoms with Crippen LogP contribution >= 0.6 is 15.9 Å². The summed E-state index contributed by atoms with van der Waals surface area (Å²) in [7, 11) is 0. The monoisotopic (exact) mass is 342 g/mol. The first-order chi connectivity index (χ1) is 9.62. The van der Waals surface area contributed by atoms with E-state index in [1.807, 2.05) is 0 Å². The molecule has 0 saturated carbocycles. The van der Waals surface area contributed by atoms with Gasteiger partial charge < -0.3 is 10.1 Å². The molecule has 0 unspecified atom stereocenters. The van der Waals surface area contributed by atoms with E-state index in [1.54, 1.807) is 13.0 Å². The van der Waals surface area contributed by atoms with Crippen LogP contribution in [0.15, 0.2) is 22.7 Å². The number of ether oxygens (including phenoxy) is 1. The first-order valence-corrected chi connectivity index (χ1v) is 6.49. The second-order valence-electron chi connectivity index (χ2n) is 3.59. The van der Waals surface area contributed by atoms with Gasteiger partial charge in [-0.05, 0) is 41.1 Å². The van der Waals surface area contributed by atoms with Crippen molar-refractivity contribution < 1.29 is 9.13 Å². The van der Waals surface area contributed by atoms with Gasteiger partial charge in [-0.15, -0.1) is 0 Å². The molecule has 0 aliphatic rings. The quantitative estimate of drug-likeness (QED) is 0.565. The summed E-state index contributed by atoms with van der Waals surface area (Å²) in [6.45, 7) is 2.20. The molecule has 1 aromatic carbocycles. The van der Waals surface area contributed by atoms with Crippen LogP contribution in [0.2, 0.25) is 0 Å². The van der Waals surface area contributed by atoms with Crippen molar-refractivity contribution in [1.29, 1.82) is 0 Å². The van der Waals surface area contributed by atoms with Crippen LogP contribution < -0.4 is 21.3 Å². The lowest BCUT2D eigenvalue weighted by molar-refractivity contribution is 0.312. The third-order valence-corrected chi connectivity index (χ3v) is 2.88.